The highest BCUT2D eigenvalue weighted by atomic mass is 16.5. The quantitative estimate of drug-likeness (QED) is 0.0550. The standard InChI is InChI=1S/C51H67N13O4/c1-32-27-37(9-14-41(32)33(2)56-48(67)49-58-50(60-68-49)51(5,6)7)46-42-28-43(57-47(42)54-30-53-46)45-34(3)59-64(35(45)4)40-17-22-62(23-18-40)26-20-52-29-36-15-24-63(25-16-36)39-12-10-38(11-13-39)61(8)21-19-44(66)55-31-65/h9-14,27-28,30-31,33,36,40,52H,15-26,29H2,1-8H3,(H,56,67)(H,53,54,57)(H,55,65,66)/t33-/m1/s1. The van der Waals surface area contributed by atoms with E-state index in [1.807, 2.05) is 58.7 Å². The van der Waals surface area contributed by atoms with Gasteiger partial charge in [0.05, 0.1) is 29.2 Å². The molecule has 6 heterocycles. The van der Waals surface area contributed by atoms with Crippen LogP contribution in [0.2, 0.25) is 0 Å². The molecule has 17 heteroatoms. The van der Waals surface area contributed by atoms with Gasteiger partial charge in [-0.3, -0.25) is 24.4 Å². The number of carbonyl (C=O) groups excluding carboxylic acids is 3. The van der Waals surface area contributed by atoms with Gasteiger partial charge in [-0.25, -0.2) is 9.97 Å². The molecule has 3 amide bonds. The Morgan fingerprint density at radius 2 is 1.74 bits per heavy atom. The lowest BCUT2D eigenvalue weighted by atomic mass is 9.96. The largest absolute Gasteiger partial charge is 0.374 e. The maximum absolute atomic E-state index is 13.0. The van der Waals surface area contributed by atoms with Gasteiger partial charge in [0.15, 0.2) is 5.82 Å². The number of aryl methyl sites for hydroxylation is 2. The Labute approximate surface area is 398 Å². The molecular formula is C51H67N13O4. The van der Waals surface area contributed by atoms with Gasteiger partial charge in [-0.1, -0.05) is 38.1 Å². The molecule has 2 aliphatic heterocycles. The molecule has 6 aromatic rings. The van der Waals surface area contributed by atoms with Crippen LogP contribution in [0.1, 0.15) is 111 Å². The van der Waals surface area contributed by atoms with Crippen LogP contribution >= 0.6 is 0 Å². The summed E-state index contributed by atoms with van der Waals surface area (Å²) in [5.74, 6) is 0.444. The maximum atomic E-state index is 13.0. The molecular weight excluding hydrogens is 859 g/mol. The molecule has 4 aromatic heterocycles. The third kappa shape index (κ3) is 10.9. The van der Waals surface area contributed by atoms with Crippen LogP contribution in [0, 0.1) is 26.7 Å². The number of hydrogen-bond acceptors (Lipinski definition) is 13. The summed E-state index contributed by atoms with van der Waals surface area (Å²) >= 11 is 0. The number of rotatable bonds is 17. The van der Waals surface area contributed by atoms with Crippen molar-refractivity contribution >= 4 is 40.6 Å². The van der Waals surface area contributed by atoms with Crippen LogP contribution in [0.5, 0.6) is 0 Å². The first-order valence-corrected chi connectivity index (χ1v) is 24.0. The Balaban J connectivity index is 0.802. The molecule has 1 atom stereocenters. The normalized spacial score (nSPS) is 15.7. The second-order valence-corrected chi connectivity index (χ2v) is 19.7. The van der Waals surface area contributed by atoms with Crippen molar-refractivity contribution < 1.29 is 18.9 Å². The van der Waals surface area contributed by atoms with E-state index in [1.165, 1.54) is 18.5 Å². The van der Waals surface area contributed by atoms with Gasteiger partial charge in [0, 0.05) is 98.3 Å². The van der Waals surface area contributed by atoms with E-state index in [1.54, 1.807) is 6.33 Å². The Morgan fingerprint density at radius 3 is 2.43 bits per heavy atom. The summed E-state index contributed by atoms with van der Waals surface area (Å²) in [7, 11) is 1.96. The van der Waals surface area contributed by atoms with Gasteiger partial charge in [0.1, 0.15) is 12.0 Å². The van der Waals surface area contributed by atoms with Gasteiger partial charge in [-0.05, 0) is 113 Å². The Morgan fingerprint density at radius 1 is 0.985 bits per heavy atom. The van der Waals surface area contributed by atoms with Crippen LogP contribution in [0.4, 0.5) is 11.4 Å². The van der Waals surface area contributed by atoms with Crippen LogP contribution in [0.15, 0.2) is 59.4 Å². The van der Waals surface area contributed by atoms with Crippen molar-refractivity contribution in [2.75, 3.05) is 69.2 Å². The summed E-state index contributed by atoms with van der Waals surface area (Å²) in [4.78, 5) is 59.5. The van der Waals surface area contributed by atoms with Gasteiger partial charge in [0.2, 0.25) is 12.3 Å². The highest BCUT2D eigenvalue weighted by Gasteiger charge is 2.28. The zero-order valence-corrected chi connectivity index (χ0v) is 40.9. The molecule has 17 nitrogen and oxygen atoms in total. The number of aromatic nitrogens is 7. The first-order chi connectivity index (χ1) is 32.7. The molecule has 68 heavy (non-hydrogen) atoms. The zero-order chi connectivity index (χ0) is 48.1. The van der Waals surface area contributed by atoms with E-state index in [0.29, 0.717) is 30.7 Å². The minimum atomic E-state index is -0.407. The monoisotopic (exact) mass is 926 g/mol. The van der Waals surface area contributed by atoms with E-state index in [4.69, 9.17) is 14.6 Å². The summed E-state index contributed by atoms with van der Waals surface area (Å²) in [6, 6.07) is 16.9. The Hall–Kier alpha value is -6.46. The number of nitrogens with one attached hydrogen (secondary N) is 4. The van der Waals surface area contributed by atoms with Crippen molar-refractivity contribution in [3.05, 3.63) is 89.1 Å². The molecule has 0 unspecified atom stereocenters. The van der Waals surface area contributed by atoms with E-state index in [-0.39, 0.29) is 29.7 Å². The van der Waals surface area contributed by atoms with Crippen molar-refractivity contribution in [1.29, 1.82) is 0 Å². The second-order valence-electron chi connectivity index (χ2n) is 19.7. The minimum Gasteiger partial charge on any atom is -0.374 e. The Bertz CT molecular complexity index is 2700. The number of nitrogens with zero attached hydrogens (tertiary/aromatic N) is 9. The number of benzene rings is 2. The third-order valence-corrected chi connectivity index (χ3v) is 13.8. The second kappa shape index (κ2) is 20.8. The lowest BCUT2D eigenvalue weighted by molar-refractivity contribution is -0.125. The van der Waals surface area contributed by atoms with Crippen LogP contribution in [0.25, 0.3) is 33.5 Å². The number of piperidine rings is 2. The molecule has 2 saturated heterocycles. The molecule has 0 aliphatic carbocycles. The minimum absolute atomic E-state index is 0.0462. The first-order valence-electron chi connectivity index (χ1n) is 24.0. The number of fused-ring (bicyclic) bond motifs is 1. The molecule has 2 aromatic carbocycles. The maximum Gasteiger partial charge on any atom is 0.315 e. The molecule has 8 rings (SSSR count). The summed E-state index contributed by atoms with van der Waals surface area (Å²) in [6.07, 6.45) is 6.77. The van der Waals surface area contributed by atoms with Crippen LogP contribution < -0.4 is 25.8 Å². The highest BCUT2D eigenvalue weighted by Crippen LogP contribution is 2.36. The van der Waals surface area contributed by atoms with Crippen LogP contribution in [0.3, 0.4) is 0 Å². The third-order valence-electron chi connectivity index (χ3n) is 13.8. The topological polar surface area (TPSA) is 195 Å². The fourth-order valence-corrected chi connectivity index (χ4v) is 9.76. The van der Waals surface area contributed by atoms with E-state index >= 15 is 0 Å². The first kappa shape index (κ1) is 48.0. The van der Waals surface area contributed by atoms with Crippen molar-refractivity contribution in [2.24, 2.45) is 5.92 Å². The average Bonchev–Trinajstić information content (AvgIpc) is 4.08. The molecule has 360 valence electrons. The number of anilines is 2. The van der Waals surface area contributed by atoms with E-state index in [0.717, 1.165) is 120 Å². The van der Waals surface area contributed by atoms with Gasteiger partial charge < -0.3 is 34.8 Å². The summed E-state index contributed by atoms with van der Waals surface area (Å²) < 4.78 is 7.52. The summed E-state index contributed by atoms with van der Waals surface area (Å²) in [6.45, 7) is 22.0. The number of carbonyl (C=O) groups is 3. The molecule has 2 fully saturated rings. The fourth-order valence-electron chi connectivity index (χ4n) is 9.76. The predicted molar refractivity (Wildman–Crippen MR) is 265 cm³/mol. The van der Waals surface area contributed by atoms with Gasteiger partial charge >= 0.3 is 11.8 Å². The van der Waals surface area contributed by atoms with Gasteiger partial charge in [0.25, 0.3) is 0 Å². The number of hydrogen-bond donors (Lipinski definition) is 4. The molecule has 0 spiro atoms. The molecule has 0 saturated carbocycles. The van der Waals surface area contributed by atoms with Crippen molar-refractivity contribution in [3.8, 4) is 22.5 Å². The van der Waals surface area contributed by atoms with Crippen LogP contribution in [-0.4, -0.2) is 117 Å². The predicted octanol–water partition coefficient (Wildman–Crippen LogP) is 6.83. The number of imide groups is 1. The van der Waals surface area contributed by atoms with Crippen molar-refractivity contribution in [2.45, 2.75) is 98.1 Å². The van der Waals surface area contributed by atoms with E-state index < -0.39 is 5.91 Å². The Kier molecular flexibility index (Phi) is 14.7. The molecule has 0 bridgehead atoms. The van der Waals surface area contributed by atoms with Crippen molar-refractivity contribution in [3.63, 3.8) is 0 Å². The number of H-pyrrole nitrogens is 1. The zero-order valence-electron chi connectivity index (χ0n) is 40.9. The number of amides is 3. The number of likely N-dealkylation sites (tertiary alicyclic amines) is 1. The average molecular weight is 926 g/mol. The summed E-state index contributed by atoms with van der Waals surface area (Å²) in [5.41, 5.74) is 10.8. The summed E-state index contributed by atoms with van der Waals surface area (Å²) in [5, 5.41) is 19.0. The lowest BCUT2D eigenvalue weighted by Gasteiger charge is -2.35. The highest BCUT2D eigenvalue weighted by molar-refractivity contribution is 5.95. The van der Waals surface area contributed by atoms with Gasteiger partial charge in [-0.15, -0.1) is 0 Å². The van der Waals surface area contributed by atoms with Crippen molar-refractivity contribution in [1.82, 2.24) is 55.7 Å². The molecule has 4 N–H and O–H groups in total. The smallest absolute Gasteiger partial charge is 0.315 e. The van der Waals surface area contributed by atoms with E-state index in [9.17, 15) is 14.4 Å². The lowest BCUT2D eigenvalue weighted by Crippen LogP contribution is -2.41. The number of aromatic amines is 1. The van der Waals surface area contributed by atoms with E-state index in [2.05, 4.69) is 101 Å². The SMILES string of the molecule is Cc1cc(-c2ncnc3[nH]c(-c4c(C)nn(C5CCN(CCNCC6CCN(c7ccc(N(C)CCC(=O)NC=O)cc7)CC6)CC5)c4C)cc23)ccc1[C@@H](C)NC(=O)c1nc(C(C)(C)C)no1. The fraction of sp³-hybridized carbons (Fsp3) is 0.490. The molecule has 0 radical (unpaired) electrons. The van der Waals surface area contributed by atoms with Gasteiger partial charge in [-0.2, -0.15) is 10.1 Å². The molecule has 2 aliphatic rings. The van der Waals surface area contributed by atoms with Crippen LogP contribution in [-0.2, 0) is 15.0 Å².